The van der Waals surface area contributed by atoms with Gasteiger partial charge in [0.2, 0.25) is 0 Å². The average Bonchev–Trinajstić information content (AvgIpc) is 2.72. The summed E-state index contributed by atoms with van der Waals surface area (Å²) in [7, 11) is 2.09. The van der Waals surface area contributed by atoms with E-state index < -0.39 is 17.6 Å². The average molecular weight is 398 g/mol. The molecule has 2 aromatic rings. The van der Waals surface area contributed by atoms with Crippen molar-refractivity contribution in [2.75, 3.05) is 45.1 Å². The van der Waals surface area contributed by atoms with E-state index in [1.807, 2.05) is 19.1 Å². The first-order valence-corrected chi connectivity index (χ1v) is 9.77. The van der Waals surface area contributed by atoms with Gasteiger partial charge in [0.15, 0.2) is 0 Å². The second-order valence-corrected chi connectivity index (χ2v) is 7.41. The highest BCUT2D eigenvalue weighted by Crippen LogP contribution is 2.22. The zero-order valence-corrected chi connectivity index (χ0v) is 16.8. The number of nitrogens with one attached hydrogen (secondary N) is 2. The van der Waals surface area contributed by atoms with E-state index in [9.17, 15) is 14.0 Å². The van der Waals surface area contributed by atoms with Gasteiger partial charge in [-0.25, -0.2) is 4.39 Å². The molecule has 1 fully saturated rings. The minimum atomic E-state index is -0.879. The number of piperazine rings is 1. The third-order valence-corrected chi connectivity index (χ3v) is 5.23. The lowest BCUT2D eigenvalue weighted by Gasteiger charge is -2.38. The monoisotopic (exact) mass is 398 g/mol. The smallest absolute Gasteiger partial charge is 0.313 e. The first-order chi connectivity index (χ1) is 13.9. The summed E-state index contributed by atoms with van der Waals surface area (Å²) >= 11 is 0. The van der Waals surface area contributed by atoms with Gasteiger partial charge < -0.3 is 15.5 Å². The first kappa shape index (κ1) is 21.0. The third-order valence-electron chi connectivity index (χ3n) is 5.23. The Kier molecular flexibility index (Phi) is 6.95. The van der Waals surface area contributed by atoms with Crippen LogP contribution >= 0.6 is 0 Å². The van der Waals surface area contributed by atoms with Gasteiger partial charge >= 0.3 is 11.8 Å². The van der Waals surface area contributed by atoms with Crippen LogP contribution in [0.15, 0.2) is 48.5 Å². The number of para-hydroxylation sites is 1. The molecule has 1 atom stereocenters. The molecule has 2 amide bonds. The molecule has 2 aromatic carbocycles. The number of hydrogen-bond acceptors (Lipinski definition) is 4. The van der Waals surface area contributed by atoms with Crippen LogP contribution in [0.4, 0.5) is 10.1 Å². The number of anilines is 1. The van der Waals surface area contributed by atoms with Crippen LogP contribution in [0, 0.1) is 12.7 Å². The molecular weight excluding hydrogens is 371 g/mol. The summed E-state index contributed by atoms with van der Waals surface area (Å²) < 4.78 is 13.7. The lowest BCUT2D eigenvalue weighted by molar-refractivity contribution is -0.136. The van der Waals surface area contributed by atoms with E-state index in [4.69, 9.17) is 0 Å². The predicted molar refractivity (Wildman–Crippen MR) is 111 cm³/mol. The van der Waals surface area contributed by atoms with Crippen molar-refractivity contribution in [1.82, 2.24) is 15.1 Å². The molecule has 3 rings (SSSR count). The van der Waals surface area contributed by atoms with Gasteiger partial charge in [-0.15, -0.1) is 0 Å². The Bertz CT molecular complexity index is 848. The molecule has 0 radical (unpaired) electrons. The quantitative estimate of drug-likeness (QED) is 0.758. The summed E-state index contributed by atoms with van der Waals surface area (Å²) in [5.74, 6) is -2.24. The number of hydrogen-bond donors (Lipinski definition) is 2. The molecule has 6 nitrogen and oxygen atoms in total. The van der Waals surface area contributed by atoms with Crippen LogP contribution in [-0.2, 0) is 9.59 Å². The number of likely N-dealkylation sites (N-methyl/N-ethyl adjacent to an activating group) is 1. The molecule has 1 aliphatic heterocycles. The number of benzene rings is 2. The number of nitrogens with zero attached hydrogens (tertiary/aromatic N) is 2. The van der Waals surface area contributed by atoms with Crippen LogP contribution in [0.1, 0.15) is 17.2 Å². The zero-order valence-electron chi connectivity index (χ0n) is 16.8. The largest absolute Gasteiger partial charge is 0.346 e. The van der Waals surface area contributed by atoms with Crippen LogP contribution < -0.4 is 10.6 Å². The Morgan fingerprint density at radius 3 is 2.31 bits per heavy atom. The minimum Gasteiger partial charge on any atom is -0.346 e. The summed E-state index contributed by atoms with van der Waals surface area (Å²) in [5, 5.41) is 5.04. The van der Waals surface area contributed by atoms with Crippen molar-refractivity contribution in [3.63, 3.8) is 0 Å². The highest BCUT2D eigenvalue weighted by molar-refractivity contribution is 6.39. The minimum absolute atomic E-state index is 0.0122. The van der Waals surface area contributed by atoms with E-state index in [1.54, 1.807) is 6.07 Å². The van der Waals surface area contributed by atoms with Crippen molar-refractivity contribution < 1.29 is 14.0 Å². The number of aryl methyl sites for hydroxylation is 1. The second kappa shape index (κ2) is 9.62. The molecule has 1 aliphatic rings. The van der Waals surface area contributed by atoms with Gasteiger partial charge in [-0.2, -0.15) is 0 Å². The van der Waals surface area contributed by atoms with Crippen molar-refractivity contribution in [1.29, 1.82) is 0 Å². The van der Waals surface area contributed by atoms with Gasteiger partial charge in [-0.3, -0.25) is 14.5 Å². The Labute approximate surface area is 170 Å². The maximum Gasteiger partial charge on any atom is 0.313 e. The molecule has 0 bridgehead atoms. The summed E-state index contributed by atoms with van der Waals surface area (Å²) in [6.45, 7) is 5.99. The van der Waals surface area contributed by atoms with E-state index in [0.717, 1.165) is 31.7 Å². The molecule has 0 saturated carbocycles. The van der Waals surface area contributed by atoms with Crippen molar-refractivity contribution in [2.24, 2.45) is 0 Å². The Hall–Kier alpha value is -2.77. The van der Waals surface area contributed by atoms with Crippen LogP contribution in [0.5, 0.6) is 0 Å². The Morgan fingerprint density at radius 2 is 1.66 bits per heavy atom. The van der Waals surface area contributed by atoms with Crippen LogP contribution in [0.2, 0.25) is 0 Å². The van der Waals surface area contributed by atoms with Gasteiger partial charge in [0.25, 0.3) is 0 Å². The molecular formula is C22H27FN4O2. The van der Waals surface area contributed by atoms with Crippen LogP contribution in [0.3, 0.4) is 0 Å². The topological polar surface area (TPSA) is 64.7 Å². The zero-order chi connectivity index (χ0) is 20.8. The highest BCUT2D eigenvalue weighted by atomic mass is 19.1. The lowest BCUT2D eigenvalue weighted by Crippen LogP contribution is -2.49. The summed E-state index contributed by atoms with van der Waals surface area (Å²) in [6.07, 6.45) is 0. The molecule has 0 unspecified atom stereocenters. The van der Waals surface area contributed by atoms with E-state index in [0.29, 0.717) is 6.54 Å². The van der Waals surface area contributed by atoms with Crippen molar-refractivity contribution in [2.45, 2.75) is 13.0 Å². The summed E-state index contributed by atoms with van der Waals surface area (Å²) in [5.41, 5.74) is 2.25. The Balaban J connectivity index is 1.65. The molecule has 29 heavy (non-hydrogen) atoms. The molecule has 0 aliphatic carbocycles. The lowest BCUT2D eigenvalue weighted by atomic mass is 10.0. The molecule has 0 spiro atoms. The van der Waals surface area contributed by atoms with Crippen LogP contribution in [0.25, 0.3) is 0 Å². The molecule has 1 saturated heterocycles. The van der Waals surface area contributed by atoms with Gasteiger partial charge in [0, 0.05) is 32.7 Å². The van der Waals surface area contributed by atoms with E-state index in [2.05, 4.69) is 39.6 Å². The van der Waals surface area contributed by atoms with E-state index in [-0.39, 0.29) is 11.7 Å². The predicted octanol–water partition coefficient (Wildman–Crippen LogP) is 2.18. The van der Waals surface area contributed by atoms with Crippen molar-refractivity contribution in [3.05, 3.63) is 65.5 Å². The van der Waals surface area contributed by atoms with Gasteiger partial charge in [0.05, 0.1) is 11.7 Å². The van der Waals surface area contributed by atoms with Gasteiger partial charge in [0.1, 0.15) is 5.82 Å². The number of carbonyl (C=O) groups excluding carboxylic acids is 2. The van der Waals surface area contributed by atoms with Crippen molar-refractivity contribution in [3.8, 4) is 0 Å². The molecule has 0 aromatic heterocycles. The summed E-state index contributed by atoms with van der Waals surface area (Å²) in [4.78, 5) is 29.1. The first-order valence-electron chi connectivity index (χ1n) is 9.77. The molecule has 154 valence electrons. The third kappa shape index (κ3) is 5.62. The van der Waals surface area contributed by atoms with Crippen LogP contribution in [-0.4, -0.2) is 61.4 Å². The SMILES string of the molecule is Cc1ccc([C@H](CNC(=O)C(=O)Nc2ccccc2F)N2CCN(C)CC2)cc1. The fourth-order valence-electron chi connectivity index (χ4n) is 3.39. The maximum absolute atomic E-state index is 13.7. The number of amides is 2. The number of rotatable bonds is 5. The number of halogens is 1. The maximum atomic E-state index is 13.7. The fourth-order valence-corrected chi connectivity index (χ4v) is 3.39. The number of carbonyl (C=O) groups is 2. The molecule has 1 heterocycles. The fraction of sp³-hybridized carbons (Fsp3) is 0.364. The van der Waals surface area contributed by atoms with E-state index >= 15 is 0 Å². The second-order valence-electron chi connectivity index (χ2n) is 7.41. The van der Waals surface area contributed by atoms with Crippen molar-refractivity contribution >= 4 is 17.5 Å². The molecule has 7 heteroatoms. The normalized spacial score (nSPS) is 16.2. The Morgan fingerprint density at radius 1 is 1.00 bits per heavy atom. The molecule has 2 N–H and O–H groups in total. The summed E-state index contributed by atoms with van der Waals surface area (Å²) in [6, 6.07) is 13.9. The van der Waals surface area contributed by atoms with E-state index in [1.165, 1.54) is 23.8 Å². The standard InChI is InChI=1S/C22H27FN4O2/c1-16-7-9-17(10-8-16)20(27-13-11-26(2)12-14-27)15-24-21(28)22(29)25-19-6-4-3-5-18(19)23/h3-10,20H,11-15H2,1-2H3,(H,24,28)(H,25,29)/t20-/m0/s1. The van der Waals surface area contributed by atoms with Gasteiger partial charge in [-0.1, -0.05) is 42.0 Å². The highest BCUT2D eigenvalue weighted by Gasteiger charge is 2.25. The van der Waals surface area contributed by atoms with Gasteiger partial charge in [-0.05, 0) is 31.7 Å².